The fraction of sp³-hybridized carbons (Fsp3) is 0.238. The van der Waals surface area contributed by atoms with Crippen LogP contribution in [0.15, 0.2) is 73.3 Å². The highest BCUT2D eigenvalue weighted by Gasteiger charge is 2.26. The van der Waals surface area contributed by atoms with Gasteiger partial charge in [-0.3, -0.25) is 4.79 Å². The number of amides is 1. The van der Waals surface area contributed by atoms with Gasteiger partial charge in [-0.05, 0) is 30.0 Å². The molecule has 0 saturated carbocycles. The van der Waals surface area contributed by atoms with Gasteiger partial charge in [0.05, 0.1) is 12.4 Å². The van der Waals surface area contributed by atoms with E-state index in [2.05, 4.69) is 21.7 Å². The zero-order chi connectivity index (χ0) is 17.1. The summed E-state index contributed by atoms with van der Waals surface area (Å²) < 4.78 is 2.11. The summed E-state index contributed by atoms with van der Waals surface area (Å²) in [6.07, 6.45) is 7.72. The average Bonchev–Trinajstić information content (AvgIpc) is 3.23. The van der Waals surface area contributed by atoms with Crippen LogP contribution in [-0.2, 0) is 0 Å². The number of carbonyl (C=O) groups excluding carboxylic acids is 1. The van der Waals surface area contributed by atoms with Gasteiger partial charge in [-0.2, -0.15) is 0 Å². The van der Waals surface area contributed by atoms with Crippen molar-refractivity contribution in [3.05, 3.63) is 78.9 Å². The van der Waals surface area contributed by atoms with E-state index in [1.165, 1.54) is 0 Å². The van der Waals surface area contributed by atoms with Gasteiger partial charge in [0.2, 0.25) is 0 Å². The van der Waals surface area contributed by atoms with E-state index in [4.69, 9.17) is 0 Å². The van der Waals surface area contributed by atoms with Gasteiger partial charge in [0.15, 0.2) is 0 Å². The van der Waals surface area contributed by atoms with E-state index < -0.39 is 0 Å². The summed E-state index contributed by atoms with van der Waals surface area (Å²) in [5, 5.41) is 0. The lowest BCUT2D eigenvalue weighted by atomic mass is 9.97. The van der Waals surface area contributed by atoms with E-state index in [9.17, 15) is 4.79 Å². The Balaban J connectivity index is 1.61. The number of likely N-dealkylation sites (tertiary alicyclic amines) is 1. The third kappa shape index (κ3) is 3.20. The van der Waals surface area contributed by atoms with Gasteiger partial charge in [-0.25, -0.2) is 4.98 Å². The maximum atomic E-state index is 13.2. The van der Waals surface area contributed by atoms with Crippen molar-refractivity contribution < 1.29 is 4.79 Å². The molecule has 0 aliphatic carbocycles. The van der Waals surface area contributed by atoms with Gasteiger partial charge < -0.3 is 9.47 Å². The van der Waals surface area contributed by atoms with Crippen molar-refractivity contribution >= 4 is 5.91 Å². The van der Waals surface area contributed by atoms with E-state index in [-0.39, 0.29) is 5.91 Å². The second-order valence-corrected chi connectivity index (χ2v) is 6.47. The van der Waals surface area contributed by atoms with Crippen LogP contribution in [0.5, 0.6) is 0 Å². The molecule has 0 bridgehead atoms. The monoisotopic (exact) mass is 331 g/mol. The number of nitrogens with zero attached hydrogens (tertiary/aromatic N) is 3. The molecular formula is C21H21N3O. The highest BCUT2D eigenvalue weighted by Crippen LogP contribution is 2.27. The van der Waals surface area contributed by atoms with Crippen molar-refractivity contribution in [2.45, 2.75) is 18.9 Å². The molecule has 25 heavy (non-hydrogen) atoms. The first-order valence-corrected chi connectivity index (χ1v) is 8.74. The molecule has 1 atom stereocenters. The van der Waals surface area contributed by atoms with Crippen LogP contribution in [0.3, 0.4) is 0 Å². The summed E-state index contributed by atoms with van der Waals surface area (Å²) in [4.78, 5) is 19.3. The predicted octanol–water partition coefficient (Wildman–Crippen LogP) is 4.03. The minimum atomic E-state index is 0.115. The fourth-order valence-corrected chi connectivity index (χ4v) is 3.58. The van der Waals surface area contributed by atoms with Crippen LogP contribution in [0.25, 0.3) is 11.1 Å². The van der Waals surface area contributed by atoms with Crippen LogP contribution in [0.1, 0.15) is 29.2 Å². The van der Waals surface area contributed by atoms with E-state index in [0.717, 1.165) is 42.6 Å². The smallest absolute Gasteiger partial charge is 0.254 e. The Morgan fingerprint density at radius 3 is 2.64 bits per heavy atom. The zero-order valence-electron chi connectivity index (χ0n) is 14.1. The molecule has 1 unspecified atom stereocenters. The van der Waals surface area contributed by atoms with Gasteiger partial charge in [-0.1, -0.05) is 48.5 Å². The Morgan fingerprint density at radius 1 is 1.04 bits per heavy atom. The number of piperidine rings is 1. The first kappa shape index (κ1) is 15.6. The SMILES string of the molecule is O=C(c1ccccc1-c1ccccc1)N1CCCC(n2ccnc2)C1. The number of carbonyl (C=O) groups is 1. The number of imidazole rings is 1. The second-order valence-electron chi connectivity index (χ2n) is 6.47. The third-order valence-corrected chi connectivity index (χ3v) is 4.87. The van der Waals surface area contributed by atoms with E-state index in [0.29, 0.717) is 6.04 Å². The minimum Gasteiger partial charge on any atom is -0.337 e. The average molecular weight is 331 g/mol. The quantitative estimate of drug-likeness (QED) is 0.727. The molecule has 3 aromatic rings. The summed E-state index contributed by atoms with van der Waals surface area (Å²) >= 11 is 0. The molecule has 1 aliphatic rings. The maximum Gasteiger partial charge on any atom is 0.254 e. The summed E-state index contributed by atoms with van der Waals surface area (Å²) in [5.41, 5.74) is 2.85. The number of hydrogen-bond donors (Lipinski definition) is 0. The Bertz CT molecular complexity index is 843. The van der Waals surface area contributed by atoms with Crippen LogP contribution in [0.2, 0.25) is 0 Å². The topological polar surface area (TPSA) is 38.1 Å². The lowest BCUT2D eigenvalue weighted by molar-refractivity contribution is 0.0680. The van der Waals surface area contributed by atoms with Crippen molar-refractivity contribution in [3.8, 4) is 11.1 Å². The highest BCUT2D eigenvalue weighted by molar-refractivity contribution is 6.00. The Kier molecular flexibility index (Phi) is 4.34. The summed E-state index contributed by atoms with van der Waals surface area (Å²) in [5.74, 6) is 0.115. The first-order valence-electron chi connectivity index (χ1n) is 8.74. The summed E-state index contributed by atoms with van der Waals surface area (Å²) in [7, 11) is 0. The molecule has 4 nitrogen and oxygen atoms in total. The Hall–Kier alpha value is -2.88. The molecule has 0 spiro atoms. The summed E-state index contributed by atoms with van der Waals surface area (Å²) in [6, 6.07) is 18.3. The van der Waals surface area contributed by atoms with Crippen LogP contribution in [0, 0.1) is 0 Å². The molecule has 2 heterocycles. The molecule has 1 fully saturated rings. The van der Waals surface area contributed by atoms with E-state index >= 15 is 0 Å². The van der Waals surface area contributed by atoms with Crippen molar-refractivity contribution in [1.82, 2.24) is 14.5 Å². The third-order valence-electron chi connectivity index (χ3n) is 4.87. The normalized spacial score (nSPS) is 17.4. The number of benzene rings is 2. The van der Waals surface area contributed by atoms with E-state index in [1.54, 1.807) is 6.20 Å². The lowest BCUT2D eigenvalue weighted by Gasteiger charge is -2.33. The fourth-order valence-electron chi connectivity index (χ4n) is 3.58. The molecule has 0 N–H and O–H groups in total. The van der Waals surface area contributed by atoms with Crippen molar-refractivity contribution in [1.29, 1.82) is 0 Å². The molecule has 126 valence electrons. The van der Waals surface area contributed by atoms with Gasteiger partial charge >= 0.3 is 0 Å². The Labute approximate surface area is 147 Å². The number of aromatic nitrogens is 2. The molecule has 0 radical (unpaired) electrons. The molecule has 1 amide bonds. The number of rotatable bonds is 3. The molecular weight excluding hydrogens is 310 g/mol. The van der Waals surface area contributed by atoms with Gasteiger partial charge in [0.25, 0.3) is 5.91 Å². The lowest BCUT2D eigenvalue weighted by Crippen LogP contribution is -2.40. The largest absolute Gasteiger partial charge is 0.337 e. The molecule has 1 aliphatic heterocycles. The zero-order valence-corrected chi connectivity index (χ0v) is 14.1. The van der Waals surface area contributed by atoms with Crippen molar-refractivity contribution in [2.24, 2.45) is 0 Å². The van der Waals surface area contributed by atoms with Crippen LogP contribution >= 0.6 is 0 Å². The molecule has 4 heteroatoms. The Morgan fingerprint density at radius 2 is 1.84 bits per heavy atom. The van der Waals surface area contributed by atoms with Gasteiger partial charge in [-0.15, -0.1) is 0 Å². The van der Waals surface area contributed by atoms with Crippen molar-refractivity contribution in [3.63, 3.8) is 0 Å². The van der Waals surface area contributed by atoms with E-state index in [1.807, 2.05) is 59.9 Å². The first-order chi connectivity index (χ1) is 12.3. The van der Waals surface area contributed by atoms with Crippen LogP contribution in [0.4, 0.5) is 0 Å². The highest BCUT2D eigenvalue weighted by atomic mass is 16.2. The summed E-state index contributed by atoms with van der Waals surface area (Å²) in [6.45, 7) is 1.55. The van der Waals surface area contributed by atoms with Gasteiger partial charge in [0.1, 0.15) is 0 Å². The predicted molar refractivity (Wildman–Crippen MR) is 98.3 cm³/mol. The van der Waals surface area contributed by atoms with Crippen LogP contribution in [-0.4, -0.2) is 33.4 Å². The molecule has 1 saturated heterocycles. The molecule has 2 aromatic carbocycles. The second kappa shape index (κ2) is 6.93. The maximum absolute atomic E-state index is 13.2. The minimum absolute atomic E-state index is 0.115. The van der Waals surface area contributed by atoms with Gasteiger partial charge in [0, 0.05) is 31.0 Å². The standard InChI is InChI=1S/C21H21N3O/c25-21(23-13-6-9-18(15-23)24-14-12-22-16-24)20-11-5-4-10-19(20)17-7-2-1-3-8-17/h1-5,7-8,10-12,14,16,18H,6,9,13,15H2. The van der Waals surface area contributed by atoms with Crippen LogP contribution < -0.4 is 0 Å². The number of hydrogen-bond acceptors (Lipinski definition) is 2. The molecule has 4 rings (SSSR count). The molecule has 1 aromatic heterocycles. The van der Waals surface area contributed by atoms with Crippen molar-refractivity contribution in [2.75, 3.05) is 13.1 Å².